The molecule has 1 fully saturated rings. The Hall–Kier alpha value is -1.76. The van der Waals surface area contributed by atoms with E-state index < -0.39 is 10.0 Å². The van der Waals surface area contributed by atoms with Crippen molar-refractivity contribution in [2.75, 3.05) is 33.2 Å². The van der Waals surface area contributed by atoms with Crippen LogP contribution in [0.1, 0.15) is 18.4 Å². The van der Waals surface area contributed by atoms with Gasteiger partial charge >= 0.3 is 0 Å². The van der Waals surface area contributed by atoms with Gasteiger partial charge in [0.15, 0.2) is 5.96 Å². The Bertz CT molecular complexity index is 912. The van der Waals surface area contributed by atoms with E-state index in [0.717, 1.165) is 26.1 Å². The molecule has 1 atom stereocenters. The van der Waals surface area contributed by atoms with Gasteiger partial charge in [-0.25, -0.2) is 13.1 Å². The van der Waals surface area contributed by atoms with Crippen LogP contribution < -0.4 is 15.4 Å². The van der Waals surface area contributed by atoms with Crippen molar-refractivity contribution in [3.05, 3.63) is 60.4 Å². The number of guanidine groups is 1. The minimum atomic E-state index is -3.55. The number of halogens is 1. The molecule has 3 N–H and O–H groups in total. The van der Waals surface area contributed by atoms with Crippen LogP contribution in [-0.4, -0.2) is 63.5 Å². The topological polar surface area (TPSA) is 98.7 Å². The molecule has 170 valence electrons. The van der Waals surface area contributed by atoms with Gasteiger partial charge in [0.05, 0.1) is 0 Å². The number of likely N-dealkylation sites (tertiary alicyclic amines) is 1. The SMILES string of the molecule is CN=C(NCCNS(=O)(=O)c1cccnc1)NCC1CCCN1Cc1ccccc1.I. The summed E-state index contributed by atoms with van der Waals surface area (Å²) in [7, 11) is -1.83. The molecule has 1 saturated heterocycles. The van der Waals surface area contributed by atoms with Crippen molar-refractivity contribution in [1.82, 2.24) is 25.2 Å². The molecule has 3 rings (SSSR count). The summed E-state index contributed by atoms with van der Waals surface area (Å²) >= 11 is 0. The molecule has 8 nitrogen and oxygen atoms in total. The Morgan fingerprint density at radius 1 is 1.16 bits per heavy atom. The molecule has 0 radical (unpaired) electrons. The van der Waals surface area contributed by atoms with E-state index in [4.69, 9.17) is 0 Å². The molecule has 0 amide bonds. The molecule has 1 aliphatic heterocycles. The first-order valence-corrected chi connectivity index (χ1v) is 11.7. The maximum atomic E-state index is 12.2. The van der Waals surface area contributed by atoms with E-state index in [0.29, 0.717) is 18.5 Å². The summed E-state index contributed by atoms with van der Waals surface area (Å²) in [5.74, 6) is 0.669. The Morgan fingerprint density at radius 3 is 2.68 bits per heavy atom. The number of hydrogen-bond acceptors (Lipinski definition) is 5. The maximum Gasteiger partial charge on any atom is 0.242 e. The van der Waals surface area contributed by atoms with E-state index in [9.17, 15) is 8.42 Å². The Kier molecular flexibility index (Phi) is 10.6. The average molecular weight is 558 g/mol. The van der Waals surface area contributed by atoms with Gasteiger partial charge in [-0.3, -0.25) is 14.9 Å². The third kappa shape index (κ3) is 8.02. The highest BCUT2D eigenvalue weighted by Crippen LogP contribution is 2.19. The largest absolute Gasteiger partial charge is 0.355 e. The van der Waals surface area contributed by atoms with Crippen molar-refractivity contribution >= 4 is 40.0 Å². The number of benzene rings is 1. The third-order valence-corrected chi connectivity index (χ3v) is 6.56. The number of aromatic nitrogens is 1. The van der Waals surface area contributed by atoms with Crippen molar-refractivity contribution in [2.24, 2.45) is 4.99 Å². The summed E-state index contributed by atoms with van der Waals surface area (Å²) in [6, 6.07) is 14.1. The van der Waals surface area contributed by atoms with Crippen molar-refractivity contribution in [1.29, 1.82) is 0 Å². The molecule has 0 spiro atoms. The molecule has 0 aliphatic carbocycles. The van der Waals surface area contributed by atoms with Gasteiger partial charge in [-0.15, -0.1) is 24.0 Å². The van der Waals surface area contributed by atoms with Gasteiger partial charge in [0, 0.05) is 51.7 Å². The second kappa shape index (κ2) is 12.9. The van der Waals surface area contributed by atoms with Gasteiger partial charge in [-0.2, -0.15) is 0 Å². The smallest absolute Gasteiger partial charge is 0.242 e. The van der Waals surface area contributed by atoms with Gasteiger partial charge in [0.1, 0.15) is 4.90 Å². The molecule has 2 heterocycles. The van der Waals surface area contributed by atoms with Gasteiger partial charge in [-0.05, 0) is 37.1 Å². The van der Waals surface area contributed by atoms with Crippen LogP contribution in [0.25, 0.3) is 0 Å². The van der Waals surface area contributed by atoms with Gasteiger partial charge in [0.2, 0.25) is 10.0 Å². The fourth-order valence-corrected chi connectivity index (χ4v) is 4.54. The molecule has 0 saturated carbocycles. The van der Waals surface area contributed by atoms with Crippen LogP contribution in [0.4, 0.5) is 0 Å². The van der Waals surface area contributed by atoms with Gasteiger partial charge in [-0.1, -0.05) is 30.3 Å². The average Bonchev–Trinajstić information content (AvgIpc) is 3.21. The molecule has 1 aromatic heterocycles. The fourth-order valence-electron chi connectivity index (χ4n) is 3.54. The zero-order chi connectivity index (χ0) is 21.2. The second-order valence-corrected chi connectivity index (χ2v) is 8.99. The summed E-state index contributed by atoms with van der Waals surface area (Å²) in [5.41, 5.74) is 1.33. The van der Waals surface area contributed by atoms with Crippen molar-refractivity contribution in [3.8, 4) is 0 Å². The number of sulfonamides is 1. The maximum absolute atomic E-state index is 12.2. The highest BCUT2D eigenvalue weighted by atomic mass is 127. The molecule has 10 heteroatoms. The summed E-state index contributed by atoms with van der Waals surface area (Å²) in [5, 5.41) is 6.53. The predicted molar refractivity (Wildman–Crippen MR) is 134 cm³/mol. The zero-order valence-corrected chi connectivity index (χ0v) is 20.8. The fraction of sp³-hybridized carbons (Fsp3) is 0.429. The number of rotatable bonds is 9. The predicted octanol–water partition coefficient (Wildman–Crippen LogP) is 1.81. The lowest BCUT2D eigenvalue weighted by atomic mass is 10.2. The summed E-state index contributed by atoms with van der Waals surface area (Å²) in [4.78, 5) is 10.7. The summed E-state index contributed by atoms with van der Waals surface area (Å²) < 4.78 is 27.0. The first-order chi connectivity index (χ1) is 14.6. The number of hydrogen-bond donors (Lipinski definition) is 3. The van der Waals surface area contributed by atoms with Crippen LogP contribution in [0, 0.1) is 0 Å². The monoisotopic (exact) mass is 558 g/mol. The van der Waals surface area contributed by atoms with E-state index >= 15 is 0 Å². The van der Waals surface area contributed by atoms with Gasteiger partial charge < -0.3 is 10.6 Å². The standard InChI is InChI=1S/C21H30N6O2S.HI/c1-22-21(24-12-13-26-30(28,29)20-10-5-11-23-16-20)25-15-19-9-6-14-27(19)17-18-7-3-2-4-8-18;/h2-5,7-8,10-11,16,19,26H,6,9,12-15,17H2,1H3,(H2,22,24,25);1H. The highest BCUT2D eigenvalue weighted by molar-refractivity contribution is 14.0. The lowest BCUT2D eigenvalue weighted by Crippen LogP contribution is -2.46. The minimum Gasteiger partial charge on any atom is -0.355 e. The highest BCUT2D eigenvalue weighted by Gasteiger charge is 2.24. The van der Waals surface area contributed by atoms with E-state index in [1.807, 2.05) is 6.07 Å². The summed E-state index contributed by atoms with van der Waals surface area (Å²) in [6.07, 6.45) is 5.23. The molecule has 2 aromatic rings. The zero-order valence-electron chi connectivity index (χ0n) is 17.7. The van der Waals surface area contributed by atoms with Crippen LogP contribution in [0.15, 0.2) is 64.7 Å². The first kappa shape index (κ1) is 25.5. The molecule has 31 heavy (non-hydrogen) atoms. The Labute approximate surface area is 202 Å². The van der Waals surface area contributed by atoms with Crippen molar-refractivity contribution in [3.63, 3.8) is 0 Å². The van der Waals surface area contributed by atoms with Gasteiger partial charge in [0.25, 0.3) is 0 Å². The molecular weight excluding hydrogens is 527 g/mol. The lowest BCUT2D eigenvalue weighted by molar-refractivity contribution is 0.245. The summed E-state index contributed by atoms with van der Waals surface area (Å²) in [6.45, 7) is 3.53. The van der Waals surface area contributed by atoms with Crippen LogP contribution >= 0.6 is 24.0 Å². The molecular formula is C21H31IN6O2S. The number of nitrogens with one attached hydrogen (secondary N) is 3. The molecule has 1 unspecified atom stereocenters. The number of aliphatic imine (C=N–C) groups is 1. The minimum absolute atomic E-state index is 0. The van der Waals surface area contributed by atoms with Crippen molar-refractivity contribution in [2.45, 2.75) is 30.3 Å². The molecule has 1 aromatic carbocycles. The van der Waals surface area contributed by atoms with Crippen molar-refractivity contribution < 1.29 is 8.42 Å². The van der Waals surface area contributed by atoms with E-state index in [2.05, 4.69) is 54.5 Å². The van der Waals surface area contributed by atoms with Crippen LogP contribution in [0.3, 0.4) is 0 Å². The third-order valence-electron chi connectivity index (χ3n) is 5.11. The second-order valence-electron chi connectivity index (χ2n) is 7.22. The van der Waals surface area contributed by atoms with Crippen LogP contribution in [-0.2, 0) is 16.6 Å². The van der Waals surface area contributed by atoms with E-state index in [1.165, 1.54) is 24.2 Å². The quantitative estimate of drug-likeness (QED) is 0.188. The molecule has 1 aliphatic rings. The normalized spacial score (nSPS) is 17.2. The van der Waals surface area contributed by atoms with Crippen LogP contribution in [0.5, 0.6) is 0 Å². The van der Waals surface area contributed by atoms with Crippen LogP contribution in [0.2, 0.25) is 0 Å². The lowest BCUT2D eigenvalue weighted by Gasteiger charge is -2.25. The Morgan fingerprint density at radius 2 is 1.97 bits per heavy atom. The molecule has 0 bridgehead atoms. The number of pyridine rings is 1. The number of nitrogens with zero attached hydrogens (tertiary/aromatic N) is 3. The van der Waals surface area contributed by atoms with E-state index in [-0.39, 0.29) is 35.4 Å². The Balaban J connectivity index is 0.00000341. The first-order valence-electron chi connectivity index (χ1n) is 10.2. The van der Waals surface area contributed by atoms with E-state index in [1.54, 1.807) is 19.3 Å².